The lowest BCUT2D eigenvalue weighted by molar-refractivity contribution is -0.662. The lowest BCUT2D eigenvalue weighted by Crippen LogP contribution is -3.00. The molecule has 0 aliphatic heterocycles. The van der Waals surface area contributed by atoms with Crippen LogP contribution in [-0.2, 0) is 6.54 Å². The van der Waals surface area contributed by atoms with Crippen molar-refractivity contribution in [3.05, 3.63) is 60.2 Å². The molecule has 0 radical (unpaired) electrons. The van der Waals surface area contributed by atoms with Crippen molar-refractivity contribution in [2.24, 2.45) is 0 Å². The van der Waals surface area contributed by atoms with Crippen LogP contribution in [0, 0.1) is 6.92 Å². The third-order valence-electron chi connectivity index (χ3n) is 3.15. The van der Waals surface area contributed by atoms with Gasteiger partial charge in [0.2, 0.25) is 5.52 Å². The molecular weight excluding hydrogens is 307 g/mol. The molecule has 0 atom stereocenters. The first kappa shape index (κ1) is 17.1. The van der Waals surface area contributed by atoms with Gasteiger partial charge in [-0.1, -0.05) is 12.1 Å². The maximum absolute atomic E-state index is 5.95. The minimum Gasteiger partial charge on any atom is -1.00 e. The number of nitrogen functional groups attached to an aromatic ring is 1. The van der Waals surface area contributed by atoms with Gasteiger partial charge in [-0.2, -0.15) is 4.57 Å². The summed E-state index contributed by atoms with van der Waals surface area (Å²) >= 11 is 0. The fraction of sp³-hybridized carbons (Fsp3) is 0.133. The number of rotatable bonds is 2. The van der Waals surface area contributed by atoms with E-state index in [4.69, 9.17) is 5.73 Å². The average molecular weight is 323 g/mol. The smallest absolute Gasteiger partial charge is 0.212 e. The maximum Gasteiger partial charge on any atom is 0.212 e. The summed E-state index contributed by atoms with van der Waals surface area (Å²) in [7, 11) is 0. The monoisotopic (exact) mass is 322 g/mol. The summed E-state index contributed by atoms with van der Waals surface area (Å²) in [6, 6.07) is 12.4. The van der Waals surface area contributed by atoms with Crippen molar-refractivity contribution in [1.82, 2.24) is 9.97 Å². The van der Waals surface area contributed by atoms with Crippen LogP contribution in [0.4, 0.5) is 5.82 Å². The van der Waals surface area contributed by atoms with Gasteiger partial charge in [0.15, 0.2) is 12.7 Å². The Morgan fingerprint density at radius 3 is 2.62 bits per heavy atom. The molecule has 0 amide bonds. The Morgan fingerprint density at radius 2 is 1.86 bits per heavy atom. The lowest BCUT2D eigenvalue weighted by atomic mass is 10.2. The minimum atomic E-state index is 0. The van der Waals surface area contributed by atoms with Crippen molar-refractivity contribution in [3.63, 3.8) is 0 Å². The van der Waals surface area contributed by atoms with Gasteiger partial charge in [-0.3, -0.25) is 0 Å². The SMILES string of the molecule is Cc1ncc(C[n+]2cccc3ccccc32)c(N)n1.Cl.[Cl-]. The van der Waals surface area contributed by atoms with Crippen LogP contribution in [0.5, 0.6) is 0 Å². The highest BCUT2D eigenvalue weighted by Gasteiger charge is 2.11. The van der Waals surface area contributed by atoms with Crippen molar-refractivity contribution < 1.29 is 17.0 Å². The Labute approximate surface area is 135 Å². The topological polar surface area (TPSA) is 55.7 Å². The van der Waals surface area contributed by atoms with Gasteiger partial charge in [-0.25, -0.2) is 9.97 Å². The number of benzene rings is 1. The predicted molar refractivity (Wildman–Crippen MR) is 81.7 cm³/mol. The number of nitrogens with zero attached hydrogens (tertiary/aromatic N) is 3. The number of anilines is 1. The normalized spacial score (nSPS) is 9.76. The number of fused-ring (bicyclic) bond motifs is 1. The number of hydrogen-bond donors (Lipinski definition) is 1. The summed E-state index contributed by atoms with van der Waals surface area (Å²) in [5.41, 5.74) is 8.06. The molecule has 0 spiro atoms. The molecule has 3 rings (SSSR count). The van der Waals surface area contributed by atoms with Gasteiger partial charge in [0.1, 0.15) is 11.6 Å². The zero-order chi connectivity index (χ0) is 13.2. The summed E-state index contributed by atoms with van der Waals surface area (Å²) in [6.45, 7) is 2.51. The first-order valence-corrected chi connectivity index (χ1v) is 6.19. The third kappa shape index (κ3) is 3.60. The van der Waals surface area contributed by atoms with E-state index in [9.17, 15) is 0 Å². The second-order valence-electron chi connectivity index (χ2n) is 4.52. The van der Waals surface area contributed by atoms with Crippen molar-refractivity contribution in [3.8, 4) is 0 Å². The van der Waals surface area contributed by atoms with Crippen LogP contribution in [0.2, 0.25) is 0 Å². The van der Waals surface area contributed by atoms with Gasteiger partial charge in [-0.05, 0) is 19.1 Å². The van der Waals surface area contributed by atoms with Crippen molar-refractivity contribution in [2.75, 3.05) is 5.73 Å². The van der Waals surface area contributed by atoms with E-state index in [0.717, 1.165) is 5.56 Å². The summed E-state index contributed by atoms with van der Waals surface area (Å²) in [5.74, 6) is 1.25. The number of para-hydroxylation sites is 1. The largest absolute Gasteiger partial charge is 1.00 e. The van der Waals surface area contributed by atoms with E-state index < -0.39 is 0 Å². The van der Waals surface area contributed by atoms with Crippen LogP contribution in [0.3, 0.4) is 0 Å². The second kappa shape index (κ2) is 7.20. The standard InChI is InChI=1S/C15H15N4.2ClH/c1-11-17-9-13(15(16)18-11)10-19-8-4-6-12-5-2-3-7-14(12)19;;/h2-9H,10H2,1H3,(H2,16,17,18);2*1H/q+1;;/p-1. The highest BCUT2D eigenvalue weighted by molar-refractivity contribution is 5.85. The van der Waals surface area contributed by atoms with Gasteiger partial charge in [-0.15, -0.1) is 12.4 Å². The van der Waals surface area contributed by atoms with Crippen LogP contribution in [0.25, 0.3) is 10.9 Å². The summed E-state index contributed by atoms with van der Waals surface area (Å²) < 4.78 is 2.15. The van der Waals surface area contributed by atoms with Crippen LogP contribution in [0.1, 0.15) is 11.4 Å². The molecule has 2 aromatic heterocycles. The van der Waals surface area contributed by atoms with E-state index in [1.165, 1.54) is 10.9 Å². The molecule has 0 saturated heterocycles. The molecule has 0 aliphatic rings. The molecule has 2 heterocycles. The number of aryl methyl sites for hydroxylation is 1. The Kier molecular flexibility index (Phi) is 5.88. The Balaban J connectivity index is 0.00000110. The summed E-state index contributed by atoms with van der Waals surface area (Å²) in [6.07, 6.45) is 3.84. The average Bonchev–Trinajstić information content (AvgIpc) is 2.42. The van der Waals surface area contributed by atoms with Crippen LogP contribution in [-0.4, -0.2) is 9.97 Å². The fourth-order valence-corrected chi connectivity index (χ4v) is 2.18. The molecular formula is C15H16Cl2N4. The molecule has 0 saturated carbocycles. The van der Waals surface area contributed by atoms with Gasteiger partial charge in [0, 0.05) is 23.7 Å². The van der Waals surface area contributed by atoms with Crippen LogP contribution in [0.15, 0.2) is 48.8 Å². The lowest BCUT2D eigenvalue weighted by Gasteiger charge is -2.04. The molecule has 0 bridgehead atoms. The Morgan fingerprint density at radius 1 is 1.14 bits per heavy atom. The molecule has 1 aromatic carbocycles. The van der Waals surface area contributed by atoms with Crippen molar-refractivity contribution in [1.29, 1.82) is 0 Å². The van der Waals surface area contributed by atoms with E-state index in [0.29, 0.717) is 18.2 Å². The number of pyridine rings is 1. The highest BCUT2D eigenvalue weighted by Crippen LogP contribution is 2.11. The minimum absolute atomic E-state index is 0. The number of aromatic nitrogens is 3. The van der Waals surface area contributed by atoms with Crippen LogP contribution < -0.4 is 22.7 Å². The molecule has 110 valence electrons. The van der Waals surface area contributed by atoms with E-state index >= 15 is 0 Å². The summed E-state index contributed by atoms with van der Waals surface area (Å²) in [5, 5.41) is 1.21. The fourth-order valence-electron chi connectivity index (χ4n) is 2.18. The van der Waals surface area contributed by atoms with Gasteiger partial charge in [0.25, 0.3) is 0 Å². The van der Waals surface area contributed by atoms with Crippen molar-refractivity contribution in [2.45, 2.75) is 13.5 Å². The Bertz CT molecular complexity index is 741. The molecule has 0 unspecified atom stereocenters. The molecule has 4 nitrogen and oxygen atoms in total. The van der Waals surface area contributed by atoms with E-state index in [1.54, 1.807) is 6.20 Å². The molecule has 6 heteroatoms. The third-order valence-corrected chi connectivity index (χ3v) is 3.15. The molecule has 2 N–H and O–H groups in total. The number of halogens is 2. The second-order valence-corrected chi connectivity index (χ2v) is 4.52. The van der Waals surface area contributed by atoms with E-state index in [1.807, 2.05) is 31.3 Å². The predicted octanol–water partition coefficient (Wildman–Crippen LogP) is -0.718. The summed E-state index contributed by atoms with van der Waals surface area (Å²) in [4.78, 5) is 8.41. The van der Waals surface area contributed by atoms with Gasteiger partial charge >= 0.3 is 0 Å². The first-order chi connectivity index (χ1) is 9.24. The quantitative estimate of drug-likeness (QED) is 0.634. The van der Waals surface area contributed by atoms with Crippen molar-refractivity contribution >= 4 is 29.1 Å². The zero-order valence-corrected chi connectivity index (χ0v) is 13.1. The number of hydrogen-bond acceptors (Lipinski definition) is 3. The molecule has 3 aromatic rings. The van der Waals surface area contributed by atoms with Crippen LogP contribution >= 0.6 is 12.4 Å². The van der Waals surface area contributed by atoms with E-state index in [2.05, 4.69) is 32.7 Å². The Hall–Kier alpha value is -1.91. The van der Waals surface area contributed by atoms with Gasteiger partial charge in [0.05, 0.1) is 5.56 Å². The molecule has 0 aliphatic carbocycles. The zero-order valence-electron chi connectivity index (χ0n) is 11.5. The molecule has 21 heavy (non-hydrogen) atoms. The van der Waals surface area contributed by atoms with E-state index in [-0.39, 0.29) is 24.8 Å². The van der Waals surface area contributed by atoms with Gasteiger partial charge < -0.3 is 18.1 Å². The molecule has 0 fully saturated rings. The highest BCUT2D eigenvalue weighted by atomic mass is 35.5. The maximum atomic E-state index is 5.95. The first-order valence-electron chi connectivity index (χ1n) is 6.19. The number of nitrogens with two attached hydrogens (primary N) is 1.